The highest BCUT2D eigenvalue weighted by molar-refractivity contribution is 6.37. The molecule has 0 spiro atoms. The van der Waals surface area contributed by atoms with E-state index in [4.69, 9.17) is 27.7 Å². The first-order valence-corrected chi connectivity index (χ1v) is 16.2. The summed E-state index contributed by atoms with van der Waals surface area (Å²) in [4.78, 5) is 13.3. The van der Waals surface area contributed by atoms with Gasteiger partial charge in [-0.05, 0) is 62.7 Å². The van der Waals surface area contributed by atoms with Gasteiger partial charge < -0.3 is 20.1 Å². The number of halogens is 5. The maximum atomic E-state index is 17.0. The molecule has 4 fully saturated rings. The second-order valence-corrected chi connectivity index (χ2v) is 14.1. The van der Waals surface area contributed by atoms with Crippen LogP contribution in [0.3, 0.4) is 0 Å². The van der Waals surface area contributed by atoms with E-state index in [0.29, 0.717) is 31.9 Å². The van der Waals surface area contributed by atoms with Gasteiger partial charge >= 0.3 is 6.01 Å². The molecule has 4 saturated heterocycles. The smallest absolute Gasteiger partial charge is 0.319 e. The maximum Gasteiger partial charge on any atom is 0.319 e. The molecule has 0 radical (unpaired) electrons. The van der Waals surface area contributed by atoms with E-state index in [9.17, 15) is 13.9 Å². The van der Waals surface area contributed by atoms with Gasteiger partial charge in [-0.1, -0.05) is 23.6 Å². The lowest BCUT2D eigenvalue weighted by atomic mass is 9.92. The lowest BCUT2D eigenvalue weighted by Gasteiger charge is -2.40. The van der Waals surface area contributed by atoms with Gasteiger partial charge in [0.05, 0.1) is 21.7 Å². The fraction of sp³-hybridized carbons (Fsp3) is 0.429. The Hall–Kier alpha value is -3.85. The third kappa shape index (κ3) is 4.79. The molecule has 4 aliphatic heterocycles. The molecular formula is C35H32ClF4N5O2. The average molecular weight is 666 g/mol. The van der Waals surface area contributed by atoms with Crippen molar-refractivity contribution >= 4 is 39.1 Å². The number of hydrogen-bond acceptors (Lipinski definition) is 7. The van der Waals surface area contributed by atoms with Gasteiger partial charge in [-0.25, -0.2) is 17.6 Å². The van der Waals surface area contributed by atoms with Gasteiger partial charge in [0.25, 0.3) is 0 Å². The molecule has 0 amide bonds. The molecule has 3 aromatic carbocycles. The molecule has 12 heteroatoms. The lowest BCUT2D eigenvalue weighted by molar-refractivity contribution is 0.107. The number of piperazine rings is 1. The second kappa shape index (κ2) is 10.8. The number of alkyl halides is 1. The van der Waals surface area contributed by atoms with Crippen LogP contribution in [0, 0.1) is 29.8 Å². The highest BCUT2D eigenvalue weighted by Crippen LogP contribution is 2.47. The van der Waals surface area contributed by atoms with Crippen molar-refractivity contribution in [2.75, 3.05) is 37.7 Å². The zero-order chi connectivity index (χ0) is 32.8. The van der Waals surface area contributed by atoms with Gasteiger partial charge in [-0.2, -0.15) is 9.97 Å². The Kier molecular flexibility index (Phi) is 7.03. The van der Waals surface area contributed by atoms with E-state index in [0.717, 1.165) is 44.4 Å². The summed E-state index contributed by atoms with van der Waals surface area (Å²) in [5.74, 6) is -0.769. The predicted molar refractivity (Wildman–Crippen MR) is 172 cm³/mol. The molecular weight excluding hydrogens is 634 g/mol. The number of nitrogens with one attached hydrogen (secondary N) is 1. The van der Waals surface area contributed by atoms with E-state index < -0.39 is 45.5 Å². The monoisotopic (exact) mass is 665 g/mol. The van der Waals surface area contributed by atoms with Crippen LogP contribution in [-0.4, -0.2) is 76.1 Å². The summed E-state index contributed by atoms with van der Waals surface area (Å²) in [7, 11) is 0. The first-order valence-electron chi connectivity index (χ1n) is 15.8. The molecule has 47 heavy (non-hydrogen) atoms. The number of aromatic nitrogens is 2. The van der Waals surface area contributed by atoms with E-state index in [1.165, 1.54) is 12.1 Å². The van der Waals surface area contributed by atoms with Crippen LogP contribution in [0.5, 0.6) is 11.8 Å². The summed E-state index contributed by atoms with van der Waals surface area (Å²) in [5, 5.41) is 14.3. The van der Waals surface area contributed by atoms with Crippen molar-refractivity contribution in [1.29, 1.82) is 0 Å². The van der Waals surface area contributed by atoms with Crippen LogP contribution in [0.2, 0.25) is 5.02 Å². The predicted octanol–water partition coefficient (Wildman–Crippen LogP) is 6.49. The van der Waals surface area contributed by atoms with Gasteiger partial charge in [-0.3, -0.25) is 4.90 Å². The van der Waals surface area contributed by atoms with Gasteiger partial charge in [0, 0.05) is 54.0 Å². The Balaban J connectivity index is 1.33. The van der Waals surface area contributed by atoms with Crippen LogP contribution in [0.1, 0.15) is 44.6 Å². The number of anilines is 1. The van der Waals surface area contributed by atoms with Crippen LogP contribution in [0.15, 0.2) is 24.3 Å². The first kappa shape index (κ1) is 30.5. The number of nitrogens with zero attached hydrogens (tertiary/aromatic N) is 4. The van der Waals surface area contributed by atoms with Gasteiger partial charge in [-0.15, -0.1) is 6.42 Å². The first-order chi connectivity index (χ1) is 22.5. The van der Waals surface area contributed by atoms with Gasteiger partial charge in [0.15, 0.2) is 5.82 Å². The maximum absolute atomic E-state index is 17.0. The molecule has 1 unspecified atom stereocenters. The zero-order valence-corrected chi connectivity index (χ0v) is 26.4. The molecule has 7 nitrogen and oxygen atoms in total. The quantitative estimate of drug-likeness (QED) is 0.186. The highest BCUT2D eigenvalue weighted by Gasteiger charge is 2.49. The Labute approximate surface area is 273 Å². The lowest BCUT2D eigenvalue weighted by Crippen LogP contribution is -2.58. The van der Waals surface area contributed by atoms with Crippen molar-refractivity contribution in [2.45, 2.75) is 62.3 Å². The molecule has 5 heterocycles. The molecule has 1 aromatic heterocycles. The third-order valence-electron chi connectivity index (χ3n) is 10.5. The fourth-order valence-electron chi connectivity index (χ4n) is 8.45. The summed E-state index contributed by atoms with van der Waals surface area (Å²) < 4.78 is 69.0. The fourth-order valence-corrected chi connectivity index (χ4v) is 8.70. The number of ether oxygens (including phenoxy) is 1. The topological polar surface area (TPSA) is 73.8 Å². The van der Waals surface area contributed by atoms with Crippen molar-refractivity contribution in [1.82, 2.24) is 20.2 Å². The molecule has 2 N–H and O–H groups in total. The van der Waals surface area contributed by atoms with Crippen LogP contribution < -0.4 is 15.0 Å². The van der Waals surface area contributed by atoms with Crippen LogP contribution in [0.4, 0.5) is 23.4 Å². The van der Waals surface area contributed by atoms with Crippen LogP contribution >= 0.6 is 11.6 Å². The molecule has 4 aromatic rings. The normalized spacial score (nSPS) is 27.1. The number of fused-ring (bicyclic) bond motifs is 5. The Bertz CT molecular complexity index is 2020. The Morgan fingerprint density at radius 3 is 2.77 bits per heavy atom. The van der Waals surface area contributed by atoms with Gasteiger partial charge in [0.2, 0.25) is 0 Å². The number of benzene rings is 3. The number of phenolic OH excluding ortho intramolecular Hbond substituents is 1. The van der Waals surface area contributed by atoms with Crippen molar-refractivity contribution < 1.29 is 27.4 Å². The molecule has 8 rings (SSSR count). The van der Waals surface area contributed by atoms with E-state index in [-0.39, 0.29) is 57.0 Å². The van der Waals surface area contributed by atoms with Crippen molar-refractivity contribution in [2.24, 2.45) is 0 Å². The number of rotatable bonds is 5. The molecule has 4 atom stereocenters. The standard InChI is InChI=1S/C35H32ClF4N5O2/c1-3-21-23(38)6-5-18-11-25(46)29(36)28(26(18)21)27-24(39)12-22-31(30(27)40)41-33(47-17-35-8-4-10-45(35)14-19(37)13-35)42-32(22)44-15-20-7-9-34(2,16-44)43-20/h1,5-6,11-12,19-20,43,46H,4,7-10,13-17H2,2H3/t19-,20?,34+,35+/m1/s1. The molecule has 4 aliphatic rings. The minimum absolute atomic E-state index is 0.0211. The van der Waals surface area contributed by atoms with Crippen LogP contribution in [-0.2, 0) is 0 Å². The summed E-state index contributed by atoms with van der Waals surface area (Å²) >= 11 is 6.52. The average Bonchev–Trinajstić information content (AvgIpc) is 3.65. The number of phenols is 1. The number of terminal acetylenes is 1. The van der Waals surface area contributed by atoms with E-state index >= 15 is 8.78 Å². The van der Waals surface area contributed by atoms with Gasteiger partial charge in [0.1, 0.15) is 41.5 Å². The van der Waals surface area contributed by atoms with Crippen LogP contribution in [0.25, 0.3) is 32.8 Å². The molecule has 2 bridgehead atoms. The SMILES string of the molecule is C#Cc1c(F)ccc2cc(O)c(Cl)c(-c3c(F)cc4c(N5CC6CC[C@@](C)(C5)N6)nc(OC[C@@]56CCCN5C[C@H](F)C6)nc4c3F)c12. The highest BCUT2D eigenvalue weighted by atomic mass is 35.5. The molecule has 0 saturated carbocycles. The van der Waals surface area contributed by atoms with E-state index in [1.54, 1.807) is 0 Å². The Morgan fingerprint density at radius 2 is 1.98 bits per heavy atom. The third-order valence-corrected chi connectivity index (χ3v) is 10.9. The Morgan fingerprint density at radius 1 is 1.15 bits per heavy atom. The van der Waals surface area contributed by atoms with Crippen molar-refractivity contribution in [3.05, 3.63) is 52.3 Å². The number of hydrogen-bond donors (Lipinski definition) is 2. The van der Waals surface area contributed by atoms with E-state index in [1.807, 2.05) is 4.90 Å². The second-order valence-electron chi connectivity index (χ2n) is 13.7. The summed E-state index contributed by atoms with van der Waals surface area (Å²) in [6, 6.07) is 4.92. The summed E-state index contributed by atoms with van der Waals surface area (Å²) in [6.07, 6.45) is 8.57. The minimum atomic E-state index is -1.09. The van der Waals surface area contributed by atoms with Crippen molar-refractivity contribution in [3.63, 3.8) is 0 Å². The summed E-state index contributed by atoms with van der Waals surface area (Å²) in [5.41, 5.74) is -2.12. The summed E-state index contributed by atoms with van der Waals surface area (Å²) in [6.45, 7) is 4.42. The molecule has 0 aliphatic carbocycles. The van der Waals surface area contributed by atoms with Crippen molar-refractivity contribution in [3.8, 4) is 35.2 Å². The number of aromatic hydroxyl groups is 1. The molecule has 244 valence electrons. The van der Waals surface area contributed by atoms with E-state index in [2.05, 4.69) is 28.0 Å². The largest absolute Gasteiger partial charge is 0.506 e. The minimum Gasteiger partial charge on any atom is -0.506 e. The zero-order valence-electron chi connectivity index (χ0n) is 25.6.